The van der Waals surface area contributed by atoms with E-state index in [4.69, 9.17) is 4.74 Å². The van der Waals surface area contributed by atoms with Gasteiger partial charge in [0.2, 0.25) is 5.91 Å². The molecule has 7 heteroatoms. The van der Waals surface area contributed by atoms with E-state index in [1.807, 2.05) is 31.2 Å². The van der Waals surface area contributed by atoms with Crippen LogP contribution in [0.1, 0.15) is 64.6 Å². The third-order valence-corrected chi connectivity index (χ3v) is 6.47. The Morgan fingerprint density at radius 3 is 2.26 bits per heavy atom. The average molecular weight is 468 g/mol. The van der Waals surface area contributed by atoms with Gasteiger partial charge in [0.05, 0.1) is 5.56 Å². The van der Waals surface area contributed by atoms with E-state index in [0.717, 1.165) is 47.1 Å². The summed E-state index contributed by atoms with van der Waals surface area (Å²) in [5, 5.41) is 17.8. The zero-order valence-corrected chi connectivity index (χ0v) is 21.1. The third kappa shape index (κ3) is 6.49. The number of rotatable bonds is 5. The number of carbonyl (C=O) groups excluding carboxylic acids is 2. The molecule has 3 rings (SSSR count). The van der Waals surface area contributed by atoms with Crippen LogP contribution in [-0.2, 0) is 9.53 Å². The molecule has 0 radical (unpaired) electrons. The molecule has 34 heavy (non-hydrogen) atoms. The smallest absolute Gasteiger partial charge is 0.408 e. The van der Waals surface area contributed by atoms with Gasteiger partial charge in [-0.25, -0.2) is 4.79 Å². The first-order valence-corrected chi connectivity index (χ1v) is 12.0. The quantitative estimate of drug-likeness (QED) is 0.463. The Morgan fingerprint density at radius 2 is 1.68 bits per heavy atom. The minimum Gasteiger partial charge on any atom is -0.618 e. The Morgan fingerprint density at radius 1 is 1.06 bits per heavy atom. The van der Waals surface area contributed by atoms with Gasteiger partial charge in [-0.05, 0) is 75.6 Å². The Bertz CT molecular complexity index is 1020. The fourth-order valence-electron chi connectivity index (χ4n) is 4.60. The van der Waals surface area contributed by atoms with Gasteiger partial charge in [0.25, 0.3) is 0 Å². The molecule has 1 saturated carbocycles. The topological polar surface area (TPSA) is 94.4 Å². The predicted molar refractivity (Wildman–Crippen MR) is 133 cm³/mol. The number of hydrogen-bond donors (Lipinski definition) is 2. The maximum Gasteiger partial charge on any atom is 0.408 e. The fourth-order valence-corrected chi connectivity index (χ4v) is 4.60. The van der Waals surface area contributed by atoms with Crippen LogP contribution in [0.25, 0.3) is 11.1 Å². The molecule has 1 unspecified atom stereocenters. The van der Waals surface area contributed by atoms with E-state index < -0.39 is 17.7 Å². The van der Waals surface area contributed by atoms with E-state index in [0.29, 0.717) is 17.3 Å². The molecule has 0 bridgehead atoms. The molecule has 184 valence electrons. The third-order valence-electron chi connectivity index (χ3n) is 6.47. The van der Waals surface area contributed by atoms with Crippen LogP contribution < -0.4 is 15.4 Å². The summed E-state index contributed by atoms with van der Waals surface area (Å²) in [6.45, 7) is 11.4. The number of anilines is 1. The van der Waals surface area contributed by atoms with Gasteiger partial charge < -0.3 is 20.6 Å². The van der Waals surface area contributed by atoms with Gasteiger partial charge in [-0.15, -0.1) is 0 Å². The molecule has 1 aromatic heterocycles. The zero-order chi connectivity index (χ0) is 25.0. The first kappa shape index (κ1) is 25.5. The Labute approximate surface area is 202 Å². The van der Waals surface area contributed by atoms with Crippen LogP contribution in [0.15, 0.2) is 36.5 Å². The number of benzene rings is 1. The first-order valence-electron chi connectivity index (χ1n) is 12.0. The van der Waals surface area contributed by atoms with Crippen molar-refractivity contribution in [2.45, 2.75) is 78.9 Å². The molecule has 0 spiro atoms. The van der Waals surface area contributed by atoms with Crippen molar-refractivity contribution in [3.8, 4) is 11.1 Å². The van der Waals surface area contributed by atoms with Crippen molar-refractivity contribution >= 4 is 17.7 Å². The lowest BCUT2D eigenvalue weighted by Gasteiger charge is -2.33. The molecule has 1 heterocycles. The molecule has 1 aliphatic carbocycles. The van der Waals surface area contributed by atoms with Gasteiger partial charge in [-0.1, -0.05) is 31.9 Å². The van der Waals surface area contributed by atoms with Crippen molar-refractivity contribution in [2.75, 3.05) is 5.32 Å². The van der Waals surface area contributed by atoms with Crippen LogP contribution >= 0.6 is 0 Å². The molecule has 2 N–H and O–H groups in total. The standard InChI is InChI=1S/C27H37N3O4/c1-17-7-9-21(10-8-17)24(29-26(32)34-27(4,5)6)25(31)28-22-13-11-20(12-14-22)23-18(2)15-16-30(33)19(23)3/h11-17,21,24H,7-10H2,1-6H3,(H,28,31)(H,29,32). The van der Waals surface area contributed by atoms with Crippen LogP contribution in [0.4, 0.5) is 10.5 Å². The van der Waals surface area contributed by atoms with Gasteiger partial charge in [0, 0.05) is 18.7 Å². The lowest BCUT2D eigenvalue weighted by atomic mass is 9.79. The van der Waals surface area contributed by atoms with Gasteiger partial charge >= 0.3 is 6.09 Å². The summed E-state index contributed by atoms with van der Waals surface area (Å²) in [5.41, 5.74) is 3.42. The number of carbonyl (C=O) groups is 2. The monoisotopic (exact) mass is 467 g/mol. The van der Waals surface area contributed by atoms with E-state index in [1.165, 1.54) is 6.20 Å². The van der Waals surface area contributed by atoms with Gasteiger partial charge in [-0.2, -0.15) is 4.73 Å². The molecule has 2 amide bonds. The van der Waals surface area contributed by atoms with Crippen LogP contribution in [-0.4, -0.2) is 23.6 Å². The molecule has 1 aliphatic rings. The van der Waals surface area contributed by atoms with E-state index in [2.05, 4.69) is 17.6 Å². The maximum absolute atomic E-state index is 13.3. The molecule has 2 aromatic rings. The summed E-state index contributed by atoms with van der Waals surface area (Å²) in [4.78, 5) is 25.8. The number of nitrogens with one attached hydrogen (secondary N) is 2. The second kappa shape index (κ2) is 10.5. The van der Waals surface area contributed by atoms with E-state index in [-0.39, 0.29) is 11.8 Å². The average Bonchev–Trinajstić information content (AvgIpc) is 2.75. The molecule has 7 nitrogen and oxygen atoms in total. The largest absolute Gasteiger partial charge is 0.618 e. The van der Waals surface area contributed by atoms with Crippen molar-refractivity contribution in [2.24, 2.45) is 11.8 Å². The summed E-state index contributed by atoms with van der Waals surface area (Å²) in [7, 11) is 0. The second-order valence-electron chi connectivity index (χ2n) is 10.5. The first-order chi connectivity index (χ1) is 15.9. The highest BCUT2D eigenvalue weighted by molar-refractivity contribution is 5.97. The van der Waals surface area contributed by atoms with Crippen molar-refractivity contribution in [1.29, 1.82) is 0 Å². The number of alkyl carbamates (subject to hydrolysis) is 1. The molecule has 1 aromatic carbocycles. The van der Waals surface area contributed by atoms with Crippen molar-refractivity contribution < 1.29 is 19.1 Å². The fraction of sp³-hybridized carbons (Fsp3) is 0.519. The van der Waals surface area contributed by atoms with Crippen molar-refractivity contribution in [1.82, 2.24) is 5.32 Å². The van der Waals surface area contributed by atoms with Crippen molar-refractivity contribution in [3.63, 3.8) is 0 Å². The number of nitrogens with zero attached hydrogens (tertiary/aromatic N) is 1. The van der Waals surface area contributed by atoms with Crippen LogP contribution in [0.3, 0.4) is 0 Å². The highest BCUT2D eigenvalue weighted by Crippen LogP contribution is 2.31. The van der Waals surface area contributed by atoms with E-state index >= 15 is 0 Å². The van der Waals surface area contributed by atoms with Crippen molar-refractivity contribution in [3.05, 3.63) is 53.0 Å². The molecular weight excluding hydrogens is 430 g/mol. The second-order valence-corrected chi connectivity index (χ2v) is 10.5. The SMILES string of the molecule is Cc1cc[n+]([O-])c(C)c1-c1ccc(NC(=O)C(NC(=O)OC(C)(C)C)C2CCC(C)CC2)cc1. The predicted octanol–water partition coefficient (Wildman–Crippen LogP) is 5.26. The van der Waals surface area contributed by atoms with Crippen LogP contribution in [0, 0.1) is 30.9 Å². The number of hydrogen-bond acceptors (Lipinski definition) is 4. The summed E-state index contributed by atoms with van der Waals surface area (Å²) >= 11 is 0. The summed E-state index contributed by atoms with van der Waals surface area (Å²) in [6, 6.07) is 8.56. The normalized spacial score (nSPS) is 19.2. The van der Waals surface area contributed by atoms with E-state index in [1.54, 1.807) is 33.8 Å². The van der Waals surface area contributed by atoms with Gasteiger partial charge in [0.15, 0.2) is 11.9 Å². The molecule has 1 fully saturated rings. The number of amides is 2. The zero-order valence-electron chi connectivity index (χ0n) is 21.1. The number of aromatic nitrogens is 1. The highest BCUT2D eigenvalue weighted by Gasteiger charge is 2.33. The Balaban J connectivity index is 1.76. The highest BCUT2D eigenvalue weighted by atomic mass is 16.6. The van der Waals surface area contributed by atoms with Crippen LogP contribution in [0.2, 0.25) is 0 Å². The number of pyridine rings is 1. The van der Waals surface area contributed by atoms with E-state index in [9.17, 15) is 14.8 Å². The molecule has 0 saturated heterocycles. The van der Waals surface area contributed by atoms with Gasteiger partial charge in [-0.3, -0.25) is 4.79 Å². The summed E-state index contributed by atoms with van der Waals surface area (Å²) < 4.78 is 6.28. The lowest BCUT2D eigenvalue weighted by Crippen LogP contribution is -2.50. The maximum atomic E-state index is 13.3. The Kier molecular flexibility index (Phi) is 7.85. The summed E-state index contributed by atoms with van der Waals surface area (Å²) in [6.07, 6.45) is 4.77. The summed E-state index contributed by atoms with van der Waals surface area (Å²) in [5.74, 6) is 0.444. The minimum atomic E-state index is -0.667. The number of ether oxygens (including phenoxy) is 1. The molecular formula is C27H37N3O4. The Hall–Kier alpha value is -3.09. The lowest BCUT2D eigenvalue weighted by molar-refractivity contribution is -0.611. The van der Waals surface area contributed by atoms with Gasteiger partial charge in [0.1, 0.15) is 11.6 Å². The minimum absolute atomic E-state index is 0.0603. The molecule has 1 atom stereocenters. The van der Waals surface area contributed by atoms with Crippen LogP contribution in [0.5, 0.6) is 0 Å². The molecule has 0 aliphatic heterocycles. The number of aryl methyl sites for hydroxylation is 1.